The van der Waals surface area contributed by atoms with Crippen LogP contribution in [-0.4, -0.2) is 57.1 Å². The normalized spacial score (nSPS) is 10.0. The van der Waals surface area contributed by atoms with Gasteiger partial charge in [0.25, 0.3) is 0 Å². The Labute approximate surface area is 110 Å². The van der Waals surface area contributed by atoms with Crippen molar-refractivity contribution in [1.82, 2.24) is 9.80 Å². The van der Waals surface area contributed by atoms with Crippen LogP contribution in [0.2, 0.25) is 0 Å². The highest BCUT2D eigenvalue weighted by Gasteiger charge is 2.02. The molecule has 0 aromatic heterocycles. The number of rotatable bonds is 5. The molecular formula is C14H23N3O. The van der Waals surface area contributed by atoms with Gasteiger partial charge in [-0.3, -0.25) is 4.99 Å². The Hall–Kier alpha value is -1.55. The number of hydrogen-bond acceptors (Lipinski definition) is 2. The minimum Gasteiger partial charge on any atom is -0.375 e. The zero-order valence-corrected chi connectivity index (χ0v) is 11.8. The van der Waals surface area contributed by atoms with Crippen molar-refractivity contribution < 1.29 is 4.74 Å². The first-order valence-electron chi connectivity index (χ1n) is 6.12. The zero-order chi connectivity index (χ0) is 13.4. The second-order valence-corrected chi connectivity index (χ2v) is 4.51. The van der Waals surface area contributed by atoms with E-state index in [1.165, 1.54) is 5.56 Å². The lowest BCUT2D eigenvalue weighted by molar-refractivity contribution is 0.128. The van der Waals surface area contributed by atoms with E-state index in [-0.39, 0.29) is 0 Å². The number of guanidine groups is 1. The van der Waals surface area contributed by atoms with Crippen molar-refractivity contribution in [3.05, 3.63) is 35.9 Å². The van der Waals surface area contributed by atoms with Crippen LogP contribution in [-0.2, 0) is 11.3 Å². The van der Waals surface area contributed by atoms with Crippen LogP contribution in [0.5, 0.6) is 0 Å². The average Bonchev–Trinajstić information content (AvgIpc) is 2.34. The lowest BCUT2D eigenvalue weighted by Crippen LogP contribution is -2.35. The highest BCUT2D eigenvalue weighted by molar-refractivity contribution is 5.79. The molecule has 0 aliphatic heterocycles. The van der Waals surface area contributed by atoms with Crippen LogP contribution in [0.15, 0.2) is 35.3 Å². The molecule has 4 heteroatoms. The van der Waals surface area contributed by atoms with Gasteiger partial charge in [-0.05, 0) is 5.56 Å². The van der Waals surface area contributed by atoms with Gasteiger partial charge in [-0.2, -0.15) is 0 Å². The predicted molar refractivity (Wildman–Crippen MR) is 75.8 cm³/mol. The fraction of sp³-hybridized carbons (Fsp3) is 0.500. The van der Waals surface area contributed by atoms with Crippen molar-refractivity contribution in [1.29, 1.82) is 0 Å². The molecule has 1 aromatic rings. The SMILES string of the molecule is CN(C)C(=NCCOCc1ccccc1)N(C)C. The van der Waals surface area contributed by atoms with Crippen LogP contribution in [0.1, 0.15) is 5.56 Å². The third kappa shape index (κ3) is 5.19. The first-order chi connectivity index (χ1) is 8.61. The molecule has 0 radical (unpaired) electrons. The van der Waals surface area contributed by atoms with Gasteiger partial charge < -0.3 is 14.5 Å². The summed E-state index contributed by atoms with van der Waals surface area (Å²) in [7, 11) is 7.96. The Morgan fingerprint density at radius 3 is 2.22 bits per heavy atom. The highest BCUT2D eigenvalue weighted by atomic mass is 16.5. The molecule has 0 aliphatic carbocycles. The van der Waals surface area contributed by atoms with Crippen molar-refractivity contribution in [2.24, 2.45) is 4.99 Å². The third-order valence-electron chi connectivity index (χ3n) is 2.40. The smallest absolute Gasteiger partial charge is 0.195 e. The first kappa shape index (κ1) is 14.5. The summed E-state index contributed by atoms with van der Waals surface area (Å²) >= 11 is 0. The van der Waals surface area contributed by atoms with Gasteiger partial charge in [0.1, 0.15) is 0 Å². The van der Waals surface area contributed by atoms with E-state index < -0.39 is 0 Å². The maximum Gasteiger partial charge on any atom is 0.195 e. The van der Waals surface area contributed by atoms with Crippen LogP contribution in [0.3, 0.4) is 0 Å². The van der Waals surface area contributed by atoms with E-state index in [1.807, 2.05) is 56.2 Å². The van der Waals surface area contributed by atoms with E-state index in [2.05, 4.69) is 17.1 Å². The van der Waals surface area contributed by atoms with E-state index in [4.69, 9.17) is 4.74 Å². The van der Waals surface area contributed by atoms with Crippen LogP contribution >= 0.6 is 0 Å². The molecule has 18 heavy (non-hydrogen) atoms. The minimum absolute atomic E-state index is 0.639. The van der Waals surface area contributed by atoms with E-state index in [9.17, 15) is 0 Å². The Bertz CT molecular complexity index is 351. The largest absolute Gasteiger partial charge is 0.375 e. The summed E-state index contributed by atoms with van der Waals surface area (Å²) in [6.45, 7) is 1.97. The molecule has 0 saturated heterocycles. The van der Waals surface area contributed by atoms with E-state index in [0.717, 1.165) is 5.96 Å². The second-order valence-electron chi connectivity index (χ2n) is 4.51. The fourth-order valence-corrected chi connectivity index (χ4v) is 1.66. The summed E-state index contributed by atoms with van der Waals surface area (Å²) in [6, 6.07) is 10.2. The molecule has 1 rings (SSSR count). The van der Waals surface area contributed by atoms with Crippen LogP contribution < -0.4 is 0 Å². The van der Waals surface area contributed by atoms with Gasteiger partial charge in [-0.25, -0.2) is 0 Å². The zero-order valence-electron chi connectivity index (χ0n) is 11.8. The molecule has 0 fully saturated rings. The maximum absolute atomic E-state index is 5.59. The molecule has 0 amide bonds. The Balaban J connectivity index is 2.27. The molecular weight excluding hydrogens is 226 g/mol. The number of aliphatic imine (C=N–C) groups is 1. The van der Waals surface area contributed by atoms with Crippen molar-refractivity contribution >= 4 is 5.96 Å². The average molecular weight is 249 g/mol. The molecule has 0 bridgehead atoms. The number of ether oxygens (including phenoxy) is 1. The topological polar surface area (TPSA) is 28.1 Å². The quantitative estimate of drug-likeness (QED) is 0.451. The predicted octanol–water partition coefficient (Wildman–Crippen LogP) is 1.68. The standard InChI is InChI=1S/C14H23N3O/c1-16(2)14(17(3)4)15-10-11-18-12-13-8-6-5-7-9-13/h5-9H,10-12H2,1-4H3. The Morgan fingerprint density at radius 2 is 1.67 bits per heavy atom. The third-order valence-corrected chi connectivity index (χ3v) is 2.40. The summed E-state index contributed by atoms with van der Waals surface area (Å²) in [4.78, 5) is 8.49. The molecule has 0 spiro atoms. The summed E-state index contributed by atoms with van der Waals surface area (Å²) in [5.41, 5.74) is 1.20. The van der Waals surface area contributed by atoms with Crippen LogP contribution in [0.25, 0.3) is 0 Å². The van der Waals surface area contributed by atoms with Gasteiger partial charge in [-0.1, -0.05) is 30.3 Å². The molecule has 0 N–H and O–H groups in total. The van der Waals surface area contributed by atoms with Gasteiger partial charge in [0.15, 0.2) is 5.96 Å². The fourth-order valence-electron chi connectivity index (χ4n) is 1.66. The molecule has 100 valence electrons. The van der Waals surface area contributed by atoms with Gasteiger partial charge in [0.2, 0.25) is 0 Å². The van der Waals surface area contributed by atoms with Crippen molar-refractivity contribution in [3.63, 3.8) is 0 Å². The van der Waals surface area contributed by atoms with Crippen molar-refractivity contribution in [2.45, 2.75) is 6.61 Å². The molecule has 4 nitrogen and oxygen atoms in total. The lowest BCUT2D eigenvalue weighted by Gasteiger charge is -2.22. The summed E-state index contributed by atoms with van der Waals surface area (Å²) < 4.78 is 5.59. The lowest BCUT2D eigenvalue weighted by atomic mass is 10.2. The molecule has 0 aliphatic rings. The van der Waals surface area contributed by atoms with Gasteiger partial charge in [0, 0.05) is 28.2 Å². The molecule has 0 saturated carbocycles. The number of nitrogens with zero attached hydrogens (tertiary/aromatic N) is 3. The summed E-state index contributed by atoms with van der Waals surface area (Å²) in [5, 5.41) is 0. The Morgan fingerprint density at radius 1 is 1.06 bits per heavy atom. The van der Waals surface area contributed by atoms with E-state index in [0.29, 0.717) is 19.8 Å². The molecule has 0 atom stereocenters. The first-order valence-corrected chi connectivity index (χ1v) is 6.12. The van der Waals surface area contributed by atoms with Gasteiger partial charge >= 0.3 is 0 Å². The van der Waals surface area contributed by atoms with Crippen molar-refractivity contribution in [2.75, 3.05) is 41.3 Å². The monoisotopic (exact) mass is 249 g/mol. The molecule has 0 unspecified atom stereocenters. The summed E-state index contributed by atoms with van der Waals surface area (Å²) in [6.07, 6.45) is 0. The van der Waals surface area contributed by atoms with Gasteiger partial charge in [-0.15, -0.1) is 0 Å². The minimum atomic E-state index is 0.639. The van der Waals surface area contributed by atoms with E-state index >= 15 is 0 Å². The summed E-state index contributed by atoms with van der Waals surface area (Å²) in [5.74, 6) is 0.957. The maximum atomic E-state index is 5.59. The molecule has 1 aromatic carbocycles. The number of hydrogen-bond donors (Lipinski definition) is 0. The van der Waals surface area contributed by atoms with Crippen LogP contribution in [0.4, 0.5) is 0 Å². The molecule has 0 heterocycles. The van der Waals surface area contributed by atoms with Crippen molar-refractivity contribution in [3.8, 4) is 0 Å². The number of benzene rings is 1. The Kier molecular flexibility index (Phi) is 6.22. The highest BCUT2D eigenvalue weighted by Crippen LogP contribution is 2.00. The second kappa shape index (κ2) is 7.71. The van der Waals surface area contributed by atoms with E-state index in [1.54, 1.807) is 0 Å². The van der Waals surface area contributed by atoms with Gasteiger partial charge in [0.05, 0.1) is 19.8 Å². The van der Waals surface area contributed by atoms with Crippen LogP contribution in [0, 0.1) is 0 Å².